The van der Waals surface area contributed by atoms with Crippen LogP contribution in [0.25, 0.3) is 21.8 Å². The van der Waals surface area contributed by atoms with E-state index in [9.17, 15) is 4.79 Å². The molecule has 2 aliphatic rings. The largest absolute Gasteiger partial charge is 0.399 e. The zero-order chi connectivity index (χ0) is 44.6. The molecule has 13 heteroatoms. The van der Waals surface area contributed by atoms with E-state index in [1.54, 1.807) is 0 Å². The number of aromatic nitrogens is 4. The van der Waals surface area contributed by atoms with Crippen molar-refractivity contribution < 1.29 is 24.1 Å². The van der Waals surface area contributed by atoms with Gasteiger partial charge in [-0.1, -0.05) is 64.0 Å². The second-order valence-corrected chi connectivity index (χ2v) is 15.5. The maximum Gasteiger partial charge on any atom is 0.181 e. The Morgan fingerprint density at radius 2 is 1.13 bits per heavy atom. The Kier molecular flexibility index (Phi) is 16.9. The Hall–Kier alpha value is -6.44. The van der Waals surface area contributed by atoms with Crippen LogP contribution < -0.4 is 5.90 Å². The maximum atomic E-state index is 11.8. The fourth-order valence-corrected chi connectivity index (χ4v) is 7.88. The second-order valence-electron chi connectivity index (χ2n) is 15.5. The van der Waals surface area contributed by atoms with E-state index >= 15 is 0 Å². The van der Waals surface area contributed by atoms with Gasteiger partial charge in [-0.2, -0.15) is 0 Å². The highest BCUT2D eigenvalue weighted by Gasteiger charge is 2.23. The lowest BCUT2D eigenvalue weighted by Crippen LogP contribution is -2.16. The molecule has 0 bridgehead atoms. The number of pyridine rings is 4. The third-order valence-corrected chi connectivity index (χ3v) is 11.1. The third kappa shape index (κ3) is 12.1. The minimum Gasteiger partial charge on any atom is -0.399 e. The van der Waals surface area contributed by atoms with Crippen molar-refractivity contribution in [2.75, 3.05) is 27.4 Å². The number of hydrogen-bond donors (Lipinski definition) is 1. The normalized spacial score (nSPS) is 14.3. The summed E-state index contributed by atoms with van der Waals surface area (Å²) in [5.41, 5.74) is 14.8. The number of para-hydroxylation sites is 2. The van der Waals surface area contributed by atoms with Crippen molar-refractivity contribution in [3.05, 3.63) is 141 Å². The number of nitrogens with zero attached hydrogens (tertiary/aromatic N) is 7. The van der Waals surface area contributed by atoms with Crippen molar-refractivity contribution in [2.24, 2.45) is 21.4 Å². The molecule has 8 rings (SSSR count). The molecule has 63 heavy (non-hydrogen) atoms. The van der Waals surface area contributed by atoms with Crippen LogP contribution in [0.5, 0.6) is 0 Å². The van der Waals surface area contributed by atoms with Gasteiger partial charge in [0.25, 0.3) is 0 Å². The number of benzene rings is 2. The van der Waals surface area contributed by atoms with Gasteiger partial charge in [-0.15, -0.1) is 0 Å². The number of hydrogen-bond acceptors (Lipinski definition) is 13. The highest BCUT2D eigenvalue weighted by atomic mass is 16.6. The van der Waals surface area contributed by atoms with Gasteiger partial charge in [0.15, 0.2) is 5.78 Å². The smallest absolute Gasteiger partial charge is 0.181 e. The number of rotatable bonds is 13. The minimum atomic E-state index is 0.204. The molecule has 0 atom stereocenters. The van der Waals surface area contributed by atoms with Gasteiger partial charge in [-0.05, 0) is 144 Å². The standard InChI is InChI=1S/C25H28N4O2.C14H13NO.C11H17N3O2/c1-17-20-11-4-5-13-23(20)27-25-21(17)12-7-15-24(25)29-31-16-8-10-19-9-6-14-22(26-19)18(2)28-30-3;1-9-10-5-2-3-7-12(10)15-14-11(9)6-4-8-13(14)16;1-9(14-15-2)11-7-3-5-10(13-11)6-4-8-16-12/h4-6,9,11,13-14H,7-8,10,12,15-16H2,1-3H3;2-3,5,7H,4,6,8H2,1H3;3,5,7H,4,6,8,12H2,1-2H3/b28-18+,29-24+;;14-9+. The molecule has 0 spiro atoms. The summed E-state index contributed by atoms with van der Waals surface area (Å²) in [5, 5.41) is 14.7. The predicted molar refractivity (Wildman–Crippen MR) is 249 cm³/mol. The van der Waals surface area contributed by atoms with E-state index < -0.39 is 0 Å². The van der Waals surface area contributed by atoms with Gasteiger partial charge in [0.2, 0.25) is 0 Å². The number of carbonyl (C=O) groups is 1. The van der Waals surface area contributed by atoms with E-state index in [0.717, 1.165) is 120 Å². The predicted octanol–water partition coefficient (Wildman–Crippen LogP) is 9.34. The summed E-state index contributed by atoms with van der Waals surface area (Å²) >= 11 is 0. The van der Waals surface area contributed by atoms with Crippen molar-refractivity contribution in [3.63, 3.8) is 0 Å². The monoisotopic (exact) mass is 850 g/mol. The Bertz CT molecular complexity index is 2610. The van der Waals surface area contributed by atoms with Gasteiger partial charge < -0.3 is 19.4 Å². The topological polar surface area (TPSA) is 169 Å². The first-order chi connectivity index (χ1) is 30.7. The average Bonchev–Trinajstić information content (AvgIpc) is 3.30. The minimum absolute atomic E-state index is 0.204. The summed E-state index contributed by atoms with van der Waals surface area (Å²) in [4.78, 5) is 50.1. The molecule has 13 nitrogen and oxygen atoms in total. The molecule has 328 valence electrons. The van der Waals surface area contributed by atoms with Crippen molar-refractivity contribution >= 4 is 44.7 Å². The molecule has 0 saturated carbocycles. The fraction of sp³-hybridized carbons (Fsp3) is 0.360. The van der Waals surface area contributed by atoms with Crippen LogP contribution in [0.4, 0.5) is 0 Å². The first kappa shape index (κ1) is 46.1. The van der Waals surface area contributed by atoms with Crippen LogP contribution in [0.2, 0.25) is 0 Å². The molecular weight excluding hydrogens is 793 g/mol. The van der Waals surface area contributed by atoms with Crippen LogP contribution in [0.3, 0.4) is 0 Å². The van der Waals surface area contributed by atoms with Crippen LogP contribution >= 0.6 is 0 Å². The van der Waals surface area contributed by atoms with Gasteiger partial charge in [-0.25, -0.2) is 15.9 Å². The summed E-state index contributed by atoms with van der Waals surface area (Å²) in [6.07, 6.45) is 8.98. The third-order valence-electron chi connectivity index (χ3n) is 11.1. The Morgan fingerprint density at radius 1 is 0.619 bits per heavy atom. The summed E-state index contributed by atoms with van der Waals surface area (Å²) in [7, 11) is 3.06. The van der Waals surface area contributed by atoms with Crippen LogP contribution in [0, 0.1) is 13.8 Å². The van der Waals surface area contributed by atoms with Gasteiger partial charge in [-0.3, -0.25) is 14.8 Å². The number of fused-ring (bicyclic) bond motifs is 4. The molecule has 2 aromatic carbocycles. The number of oxime groups is 3. The summed E-state index contributed by atoms with van der Waals surface area (Å²) in [5.74, 6) is 5.16. The average molecular weight is 851 g/mol. The van der Waals surface area contributed by atoms with Gasteiger partial charge in [0, 0.05) is 28.6 Å². The lowest BCUT2D eigenvalue weighted by atomic mass is 9.89. The summed E-state index contributed by atoms with van der Waals surface area (Å²) in [6, 6.07) is 28.1. The zero-order valence-electron chi connectivity index (χ0n) is 37.3. The van der Waals surface area contributed by atoms with E-state index in [1.165, 1.54) is 41.7 Å². The molecule has 4 aromatic heterocycles. The second kappa shape index (κ2) is 23.1. The van der Waals surface area contributed by atoms with Crippen LogP contribution in [0.1, 0.15) is 114 Å². The van der Waals surface area contributed by atoms with Crippen molar-refractivity contribution in [3.8, 4) is 0 Å². The summed E-state index contributed by atoms with van der Waals surface area (Å²) in [6.45, 7) is 9.11. The number of Topliss-reactive ketones (excluding diaryl/α,β-unsaturated/α-hetero) is 1. The van der Waals surface area contributed by atoms with Gasteiger partial charge >= 0.3 is 0 Å². The fourth-order valence-electron chi connectivity index (χ4n) is 7.88. The number of nitrogens with two attached hydrogens (primary N) is 1. The van der Waals surface area contributed by atoms with Gasteiger partial charge in [0.05, 0.1) is 34.7 Å². The number of aryl methyl sites for hydroxylation is 4. The van der Waals surface area contributed by atoms with E-state index in [2.05, 4.69) is 73.4 Å². The Labute approximate surface area is 369 Å². The van der Waals surface area contributed by atoms with Crippen LogP contribution in [-0.2, 0) is 45.0 Å². The lowest BCUT2D eigenvalue weighted by Gasteiger charge is -2.20. The summed E-state index contributed by atoms with van der Waals surface area (Å²) < 4.78 is 0. The number of carbonyl (C=O) groups excluding carboxylic acids is 1. The van der Waals surface area contributed by atoms with Crippen molar-refractivity contribution in [1.82, 2.24) is 19.9 Å². The molecular formula is C50H58N8O5. The molecule has 0 unspecified atom stereocenters. The van der Waals surface area contributed by atoms with Crippen molar-refractivity contribution in [1.29, 1.82) is 0 Å². The quantitative estimate of drug-likeness (QED) is 0.0672. The molecule has 4 heterocycles. The highest BCUT2D eigenvalue weighted by Crippen LogP contribution is 2.30. The Morgan fingerprint density at radius 3 is 1.68 bits per heavy atom. The van der Waals surface area contributed by atoms with E-state index in [0.29, 0.717) is 25.3 Å². The molecule has 2 N–H and O–H groups in total. The molecule has 0 saturated heterocycles. The van der Waals surface area contributed by atoms with Crippen LogP contribution in [0.15, 0.2) is 100 Å². The SMILES string of the molecule is CO/N=C(\C)c1cccc(CCCO/N=C2\CCCc3c2nc2ccccc2c3C)n1.CO/N=C(\C)c1cccc(CCCON)n1.Cc1c2c(nc3ccccc13)C(=O)CCC2. The molecule has 0 aliphatic heterocycles. The van der Waals surface area contributed by atoms with E-state index in [1.807, 2.05) is 74.5 Å². The van der Waals surface area contributed by atoms with Crippen LogP contribution in [-0.4, -0.2) is 70.3 Å². The molecule has 0 fully saturated rings. The zero-order valence-corrected chi connectivity index (χ0v) is 37.3. The first-order valence-electron chi connectivity index (χ1n) is 21.6. The highest BCUT2D eigenvalue weighted by molar-refractivity contribution is 6.03. The molecule has 6 aromatic rings. The van der Waals surface area contributed by atoms with Gasteiger partial charge in [0.1, 0.15) is 43.7 Å². The van der Waals surface area contributed by atoms with E-state index in [4.69, 9.17) is 25.4 Å². The van der Waals surface area contributed by atoms with E-state index in [-0.39, 0.29) is 5.78 Å². The maximum absolute atomic E-state index is 11.8. The Balaban J connectivity index is 0.000000173. The lowest BCUT2D eigenvalue weighted by molar-refractivity contribution is 0.0967. The first-order valence-corrected chi connectivity index (χ1v) is 21.6. The molecule has 2 aliphatic carbocycles. The van der Waals surface area contributed by atoms with Crippen molar-refractivity contribution in [2.45, 2.75) is 91.9 Å². The molecule has 0 amide bonds. The number of ketones is 1. The molecule has 0 radical (unpaired) electrons.